The van der Waals surface area contributed by atoms with E-state index in [0.29, 0.717) is 50.1 Å². The molecule has 1 fully saturated rings. The molecule has 0 radical (unpaired) electrons. The number of carbonyl (C=O) groups is 2. The van der Waals surface area contributed by atoms with Gasteiger partial charge in [-0.15, -0.1) is 0 Å². The highest BCUT2D eigenvalue weighted by Crippen LogP contribution is 2.29. The van der Waals surface area contributed by atoms with Crippen molar-refractivity contribution in [3.05, 3.63) is 62.1 Å². The summed E-state index contributed by atoms with van der Waals surface area (Å²) in [5.41, 5.74) is -0.293. The summed E-state index contributed by atoms with van der Waals surface area (Å²) >= 11 is 12.2. The number of carbonyl (C=O) groups excluding carboxylic acids is 2. The molecule has 36 heavy (non-hydrogen) atoms. The standard InChI is InChI=1S/C24H28Cl2N4O6/c1-24(2,3)36-23(32)29-10-8-28(9-11-29)12-13-35-21-7-4-16(25)14-18(21)22(31)27-20-6-5-17(30(33)34)15-19(20)26/h4-7,14-15H,8-13H2,1-3H3,(H,27,31). The molecular formula is C24H28Cl2N4O6. The zero-order valence-electron chi connectivity index (χ0n) is 20.3. The second-order valence-corrected chi connectivity index (χ2v) is 10.0. The third-order valence-electron chi connectivity index (χ3n) is 5.29. The predicted molar refractivity (Wildman–Crippen MR) is 137 cm³/mol. The number of non-ortho nitro benzene ring substituents is 1. The van der Waals surface area contributed by atoms with Crippen LogP contribution >= 0.6 is 23.2 Å². The Morgan fingerprint density at radius 1 is 1.08 bits per heavy atom. The van der Waals surface area contributed by atoms with Crippen molar-refractivity contribution >= 4 is 46.6 Å². The highest BCUT2D eigenvalue weighted by atomic mass is 35.5. The van der Waals surface area contributed by atoms with E-state index in [1.165, 1.54) is 18.2 Å². The lowest BCUT2D eigenvalue weighted by Gasteiger charge is -2.35. The number of nitrogens with one attached hydrogen (secondary N) is 1. The lowest BCUT2D eigenvalue weighted by Crippen LogP contribution is -2.50. The van der Waals surface area contributed by atoms with E-state index < -0.39 is 16.4 Å². The van der Waals surface area contributed by atoms with Gasteiger partial charge in [-0.25, -0.2) is 4.79 Å². The third-order valence-corrected chi connectivity index (χ3v) is 5.83. The van der Waals surface area contributed by atoms with Crippen molar-refractivity contribution in [1.82, 2.24) is 9.80 Å². The van der Waals surface area contributed by atoms with E-state index >= 15 is 0 Å². The molecule has 0 unspecified atom stereocenters. The largest absolute Gasteiger partial charge is 0.491 e. The van der Waals surface area contributed by atoms with Crippen LogP contribution in [0.1, 0.15) is 31.1 Å². The summed E-state index contributed by atoms with van der Waals surface area (Å²) in [4.78, 5) is 39.3. The monoisotopic (exact) mass is 538 g/mol. The Hall–Kier alpha value is -3.08. The number of piperazine rings is 1. The molecule has 0 atom stereocenters. The van der Waals surface area contributed by atoms with Crippen LogP contribution in [-0.4, -0.2) is 71.7 Å². The fraction of sp³-hybridized carbons (Fsp3) is 0.417. The minimum atomic E-state index is -0.572. The van der Waals surface area contributed by atoms with Gasteiger partial charge in [0.2, 0.25) is 0 Å². The van der Waals surface area contributed by atoms with Gasteiger partial charge in [-0.3, -0.25) is 19.8 Å². The summed E-state index contributed by atoms with van der Waals surface area (Å²) in [5.74, 6) is -0.184. The van der Waals surface area contributed by atoms with Crippen LogP contribution in [0.15, 0.2) is 36.4 Å². The van der Waals surface area contributed by atoms with Gasteiger partial charge in [-0.1, -0.05) is 23.2 Å². The van der Waals surface area contributed by atoms with E-state index in [2.05, 4.69) is 10.2 Å². The first kappa shape index (κ1) is 27.5. The number of amides is 2. The minimum absolute atomic E-state index is 0.0348. The van der Waals surface area contributed by atoms with Gasteiger partial charge in [0.15, 0.2) is 0 Å². The maximum Gasteiger partial charge on any atom is 0.410 e. The van der Waals surface area contributed by atoms with Crippen molar-refractivity contribution in [1.29, 1.82) is 0 Å². The van der Waals surface area contributed by atoms with Crippen molar-refractivity contribution < 1.29 is 24.0 Å². The maximum atomic E-state index is 12.9. The zero-order valence-corrected chi connectivity index (χ0v) is 21.8. The number of anilines is 1. The summed E-state index contributed by atoms with van der Waals surface area (Å²) < 4.78 is 11.3. The summed E-state index contributed by atoms with van der Waals surface area (Å²) in [7, 11) is 0. The highest BCUT2D eigenvalue weighted by Gasteiger charge is 2.26. The second kappa shape index (κ2) is 11.8. The third kappa shape index (κ3) is 7.71. The molecule has 1 saturated heterocycles. The molecule has 0 bridgehead atoms. The SMILES string of the molecule is CC(C)(C)OC(=O)N1CCN(CCOc2ccc(Cl)cc2C(=O)Nc2ccc([N+](=O)[O-])cc2Cl)CC1. The first-order chi connectivity index (χ1) is 16.9. The molecule has 10 nitrogen and oxygen atoms in total. The van der Waals surface area contributed by atoms with E-state index in [0.717, 1.165) is 6.07 Å². The lowest BCUT2D eigenvalue weighted by molar-refractivity contribution is -0.384. The van der Waals surface area contributed by atoms with Gasteiger partial charge in [-0.2, -0.15) is 0 Å². The van der Waals surface area contributed by atoms with Crippen LogP contribution in [-0.2, 0) is 4.74 Å². The Kier molecular flexibility index (Phi) is 8.99. The molecular weight excluding hydrogens is 511 g/mol. The van der Waals surface area contributed by atoms with Gasteiger partial charge in [0.05, 0.1) is 21.2 Å². The molecule has 0 spiro atoms. The minimum Gasteiger partial charge on any atom is -0.491 e. The molecule has 3 rings (SSSR count). The van der Waals surface area contributed by atoms with Crippen LogP contribution < -0.4 is 10.1 Å². The summed E-state index contributed by atoms with van der Waals surface area (Å²) in [5, 5.41) is 13.9. The van der Waals surface area contributed by atoms with Crippen LogP contribution in [0.25, 0.3) is 0 Å². The molecule has 12 heteroatoms. The van der Waals surface area contributed by atoms with Gasteiger partial charge in [0, 0.05) is 49.9 Å². The van der Waals surface area contributed by atoms with Crippen LogP contribution in [0.2, 0.25) is 10.0 Å². The number of nitro benzene ring substituents is 1. The Labute approximate surface area is 219 Å². The number of hydrogen-bond acceptors (Lipinski definition) is 7. The van der Waals surface area contributed by atoms with Crippen LogP contribution in [0, 0.1) is 10.1 Å². The zero-order chi connectivity index (χ0) is 26.5. The number of benzene rings is 2. The fourth-order valence-corrected chi connectivity index (χ4v) is 3.87. The first-order valence-corrected chi connectivity index (χ1v) is 12.1. The normalized spacial score (nSPS) is 14.3. The highest BCUT2D eigenvalue weighted by molar-refractivity contribution is 6.34. The Morgan fingerprint density at radius 3 is 2.39 bits per heavy atom. The topological polar surface area (TPSA) is 114 Å². The van der Waals surface area contributed by atoms with Crippen molar-refractivity contribution in [3.63, 3.8) is 0 Å². The maximum absolute atomic E-state index is 12.9. The van der Waals surface area contributed by atoms with Crippen molar-refractivity contribution in [3.8, 4) is 5.75 Å². The Balaban J connectivity index is 1.56. The smallest absolute Gasteiger partial charge is 0.410 e. The summed E-state index contributed by atoms with van der Waals surface area (Å²) in [6, 6.07) is 8.47. The van der Waals surface area contributed by atoms with Crippen molar-refractivity contribution in [2.24, 2.45) is 0 Å². The molecule has 1 aliphatic heterocycles. The molecule has 0 aromatic heterocycles. The molecule has 1 aliphatic rings. The van der Waals surface area contributed by atoms with E-state index in [1.54, 1.807) is 17.0 Å². The van der Waals surface area contributed by atoms with E-state index in [1.807, 2.05) is 20.8 Å². The number of nitro groups is 1. The van der Waals surface area contributed by atoms with E-state index in [4.69, 9.17) is 32.7 Å². The van der Waals surface area contributed by atoms with Gasteiger partial charge in [-0.05, 0) is 45.0 Å². The van der Waals surface area contributed by atoms with Crippen molar-refractivity contribution in [2.75, 3.05) is 44.6 Å². The van der Waals surface area contributed by atoms with Crippen LogP contribution in [0.5, 0.6) is 5.75 Å². The number of ether oxygens (including phenoxy) is 2. The fourth-order valence-electron chi connectivity index (χ4n) is 3.48. The number of rotatable bonds is 7. The molecule has 1 heterocycles. The van der Waals surface area contributed by atoms with Crippen LogP contribution in [0.4, 0.5) is 16.2 Å². The molecule has 0 saturated carbocycles. The Bertz CT molecular complexity index is 1130. The molecule has 2 aromatic rings. The second-order valence-electron chi connectivity index (χ2n) is 9.17. The van der Waals surface area contributed by atoms with Gasteiger partial charge >= 0.3 is 6.09 Å². The van der Waals surface area contributed by atoms with E-state index in [-0.39, 0.29) is 28.1 Å². The molecule has 1 N–H and O–H groups in total. The van der Waals surface area contributed by atoms with E-state index in [9.17, 15) is 19.7 Å². The molecule has 2 aromatic carbocycles. The predicted octanol–water partition coefficient (Wildman–Crippen LogP) is 5.09. The number of nitrogens with zero attached hydrogens (tertiary/aromatic N) is 3. The number of halogens is 2. The molecule has 194 valence electrons. The van der Waals surface area contributed by atoms with Gasteiger partial charge < -0.3 is 19.7 Å². The first-order valence-electron chi connectivity index (χ1n) is 11.3. The molecule has 2 amide bonds. The Morgan fingerprint density at radius 2 is 1.78 bits per heavy atom. The summed E-state index contributed by atoms with van der Waals surface area (Å²) in [6.07, 6.45) is -0.316. The summed E-state index contributed by atoms with van der Waals surface area (Å²) in [6.45, 7) is 8.88. The van der Waals surface area contributed by atoms with Gasteiger partial charge in [0.25, 0.3) is 11.6 Å². The average molecular weight is 539 g/mol. The quantitative estimate of drug-likeness (QED) is 0.385. The number of hydrogen-bond donors (Lipinski definition) is 1. The lowest BCUT2D eigenvalue weighted by atomic mass is 10.1. The van der Waals surface area contributed by atoms with Crippen molar-refractivity contribution in [2.45, 2.75) is 26.4 Å². The van der Waals surface area contributed by atoms with Crippen LogP contribution in [0.3, 0.4) is 0 Å². The van der Waals surface area contributed by atoms with Gasteiger partial charge in [0.1, 0.15) is 18.0 Å². The average Bonchev–Trinajstić information content (AvgIpc) is 2.80. The molecule has 0 aliphatic carbocycles.